The van der Waals surface area contributed by atoms with Gasteiger partial charge in [0.1, 0.15) is 0 Å². The number of nitrogens with zero attached hydrogens (tertiary/aromatic N) is 3. The van der Waals surface area contributed by atoms with Crippen molar-refractivity contribution in [3.63, 3.8) is 0 Å². The Morgan fingerprint density at radius 1 is 1.09 bits per heavy atom. The van der Waals surface area contributed by atoms with Crippen LogP contribution in [0.4, 0.5) is 0 Å². The van der Waals surface area contributed by atoms with E-state index in [9.17, 15) is 0 Å². The van der Waals surface area contributed by atoms with Crippen LogP contribution in [0.15, 0.2) is 47.0 Å². The van der Waals surface area contributed by atoms with Crippen LogP contribution in [0, 0.1) is 0 Å². The summed E-state index contributed by atoms with van der Waals surface area (Å²) in [5.41, 5.74) is 1.29. The smallest absolute Gasteiger partial charge is 0.240 e. The summed E-state index contributed by atoms with van der Waals surface area (Å²) < 4.78 is 5.34. The van der Waals surface area contributed by atoms with Crippen molar-refractivity contribution in [1.82, 2.24) is 15.0 Å². The lowest BCUT2D eigenvalue weighted by molar-refractivity contribution is 0.260. The number of hydrogen-bond donors (Lipinski definition) is 0. The molecule has 1 aliphatic rings. The monoisotopic (exact) mass is 293 g/mol. The van der Waals surface area contributed by atoms with Crippen LogP contribution in [0.1, 0.15) is 36.0 Å². The molecule has 1 aromatic heterocycles. The summed E-state index contributed by atoms with van der Waals surface area (Å²) in [5, 5.41) is 6.62. The Kier molecular flexibility index (Phi) is 3.39. The van der Waals surface area contributed by atoms with Crippen LogP contribution >= 0.6 is 0 Å². The third kappa shape index (κ3) is 2.88. The average molecular weight is 293 g/mol. The van der Waals surface area contributed by atoms with Crippen LogP contribution in [0.2, 0.25) is 0 Å². The van der Waals surface area contributed by atoms with Crippen molar-refractivity contribution < 1.29 is 4.52 Å². The van der Waals surface area contributed by atoms with Gasteiger partial charge >= 0.3 is 0 Å². The van der Waals surface area contributed by atoms with E-state index >= 15 is 0 Å². The molecule has 4 rings (SSSR count). The number of benzene rings is 2. The lowest BCUT2D eigenvalue weighted by atomic mass is 10.1. The van der Waals surface area contributed by atoms with Gasteiger partial charge in [0.2, 0.25) is 5.89 Å². The number of hydrogen-bond acceptors (Lipinski definition) is 4. The summed E-state index contributed by atoms with van der Waals surface area (Å²) in [6.45, 7) is 1.55. The standard InChI is InChI=1S/C18H19N3O/c1-21(12-17-19-18(20-22-17)15-8-9-15)11-13-6-7-14-4-2-3-5-16(14)10-13/h2-7,10,15H,8-9,11-12H2,1H3. The predicted molar refractivity (Wildman–Crippen MR) is 85.4 cm³/mol. The fourth-order valence-corrected chi connectivity index (χ4v) is 2.78. The lowest BCUT2D eigenvalue weighted by Gasteiger charge is -2.14. The first kappa shape index (κ1) is 13.5. The molecule has 0 atom stereocenters. The summed E-state index contributed by atoms with van der Waals surface area (Å²) in [6.07, 6.45) is 2.40. The Bertz CT molecular complexity index is 792. The first-order chi connectivity index (χ1) is 10.8. The third-order valence-corrected chi connectivity index (χ3v) is 4.10. The highest BCUT2D eigenvalue weighted by Crippen LogP contribution is 2.38. The molecule has 0 radical (unpaired) electrons. The summed E-state index contributed by atoms with van der Waals surface area (Å²) >= 11 is 0. The molecule has 1 aliphatic carbocycles. The van der Waals surface area contributed by atoms with E-state index in [0.29, 0.717) is 18.4 Å². The number of aromatic nitrogens is 2. The molecule has 1 fully saturated rings. The van der Waals surface area contributed by atoms with Crippen molar-refractivity contribution in [2.45, 2.75) is 31.8 Å². The van der Waals surface area contributed by atoms with Gasteiger partial charge in [0.25, 0.3) is 0 Å². The van der Waals surface area contributed by atoms with Crippen molar-refractivity contribution >= 4 is 10.8 Å². The normalized spacial score (nSPS) is 14.8. The summed E-state index contributed by atoms with van der Waals surface area (Å²) in [7, 11) is 2.08. The zero-order valence-corrected chi connectivity index (χ0v) is 12.7. The summed E-state index contributed by atoms with van der Waals surface area (Å²) in [5.74, 6) is 2.14. The second kappa shape index (κ2) is 5.54. The molecule has 4 nitrogen and oxygen atoms in total. The van der Waals surface area contributed by atoms with E-state index in [4.69, 9.17) is 4.52 Å². The first-order valence-electron chi connectivity index (χ1n) is 7.76. The molecule has 1 saturated carbocycles. The molecular weight excluding hydrogens is 274 g/mol. The van der Waals surface area contributed by atoms with Gasteiger partial charge in [-0.3, -0.25) is 4.90 Å². The molecule has 0 bridgehead atoms. The van der Waals surface area contributed by atoms with Gasteiger partial charge in [0.05, 0.1) is 6.54 Å². The second-order valence-corrected chi connectivity index (χ2v) is 6.17. The van der Waals surface area contributed by atoms with Crippen LogP contribution in [0.25, 0.3) is 10.8 Å². The van der Waals surface area contributed by atoms with Crippen LogP contribution in [0.5, 0.6) is 0 Å². The number of fused-ring (bicyclic) bond motifs is 1. The fraction of sp³-hybridized carbons (Fsp3) is 0.333. The van der Waals surface area contributed by atoms with Crippen LogP contribution < -0.4 is 0 Å². The van der Waals surface area contributed by atoms with E-state index in [1.54, 1.807) is 0 Å². The molecule has 0 spiro atoms. The molecule has 0 saturated heterocycles. The second-order valence-electron chi connectivity index (χ2n) is 6.17. The molecule has 2 aromatic carbocycles. The van der Waals surface area contributed by atoms with E-state index in [-0.39, 0.29) is 0 Å². The molecule has 4 heteroatoms. The topological polar surface area (TPSA) is 42.2 Å². The molecule has 22 heavy (non-hydrogen) atoms. The SMILES string of the molecule is CN(Cc1ccc2ccccc2c1)Cc1nc(C2CC2)no1. The van der Waals surface area contributed by atoms with Gasteiger partial charge in [0.15, 0.2) is 5.82 Å². The van der Waals surface area contributed by atoms with Crippen molar-refractivity contribution in [2.75, 3.05) is 7.05 Å². The summed E-state index contributed by atoms with van der Waals surface area (Å²) in [4.78, 5) is 6.69. The predicted octanol–water partition coefficient (Wildman–Crippen LogP) is 3.73. The molecule has 0 unspecified atom stereocenters. The largest absolute Gasteiger partial charge is 0.338 e. The van der Waals surface area contributed by atoms with Gasteiger partial charge in [-0.25, -0.2) is 0 Å². The van der Waals surface area contributed by atoms with Crippen LogP contribution in [-0.2, 0) is 13.1 Å². The quantitative estimate of drug-likeness (QED) is 0.719. The molecule has 3 aromatic rings. The minimum absolute atomic E-state index is 0.545. The highest BCUT2D eigenvalue weighted by molar-refractivity contribution is 5.82. The van der Waals surface area contributed by atoms with Crippen LogP contribution in [0.3, 0.4) is 0 Å². The van der Waals surface area contributed by atoms with E-state index in [0.717, 1.165) is 12.4 Å². The van der Waals surface area contributed by atoms with Gasteiger partial charge in [-0.05, 0) is 42.3 Å². The van der Waals surface area contributed by atoms with Crippen LogP contribution in [-0.4, -0.2) is 22.1 Å². The van der Waals surface area contributed by atoms with Gasteiger partial charge in [-0.15, -0.1) is 0 Å². The Balaban J connectivity index is 1.44. The minimum Gasteiger partial charge on any atom is -0.338 e. The van der Waals surface area contributed by atoms with E-state index in [2.05, 4.69) is 64.6 Å². The van der Waals surface area contributed by atoms with Gasteiger partial charge in [-0.1, -0.05) is 41.6 Å². The van der Waals surface area contributed by atoms with Gasteiger partial charge in [-0.2, -0.15) is 4.98 Å². The molecule has 1 heterocycles. The summed E-state index contributed by atoms with van der Waals surface area (Å²) in [6, 6.07) is 15.0. The Morgan fingerprint density at radius 2 is 1.91 bits per heavy atom. The molecular formula is C18H19N3O. The minimum atomic E-state index is 0.545. The molecule has 0 aliphatic heterocycles. The zero-order chi connectivity index (χ0) is 14.9. The third-order valence-electron chi connectivity index (χ3n) is 4.10. The molecule has 0 N–H and O–H groups in total. The molecule has 112 valence electrons. The maximum absolute atomic E-state index is 5.34. The Labute approximate surface area is 129 Å². The van der Waals surface area contributed by atoms with E-state index in [1.165, 1.54) is 29.2 Å². The van der Waals surface area contributed by atoms with E-state index in [1.807, 2.05) is 0 Å². The van der Waals surface area contributed by atoms with Crippen molar-refractivity contribution in [3.8, 4) is 0 Å². The first-order valence-corrected chi connectivity index (χ1v) is 7.76. The Morgan fingerprint density at radius 3 is 2.73 bits per heavy atom. The van der Waals surface area contributed by atoms with Gasteiger partial charge in [0, 0.05) is 12.5 Å². The van der Waals surface area contributed by atoms with E-state index < -0.39 is 0 Å². The fourth-order valence-electron chi connectivity index (χ4n) is 2.78. The van der Waals surface area contributed by atoms with Crippen molar-refractivity contribution in [3.05, 3.63) is 59.7 Å². The van der Waals surface area contributed by atoms with Crippen molar-refractivity contribution in [2.24, 2.45) is 0 Å². The Hall–Kier alpha value is -2.20. The number of rotatable bonds is 5. The lowest BCUT2D eigenvalue weighted by Crippen LogP contribution is -2.17. The maximum Gasteiger partial charge on any atom is 0.240 e. The average Bonchev–Trinajstić information content (AvgIpc) is 3.28. The maximum atomic E-state index is 5.34. The van der Waals surface area contributed by atoms with Gasteiger partial charge < -0.3 is 4.52 Å². The van der Waals surface area contributed by atoms with Crippen molar-refractivity contribution in [1.29, 1.82) is 0 Å². The highest BCUT2D eigenvalue weighted by atomic mass is 16.5. The zero-order valence-electron chi connectivity index (χ0n) is 12.7. The highest BCUT2D eigenvalue weighted by Gasteiger charge is 2.28. The molecule has 0 amide bonds.